The van der Waals surface area contributed by atoms with Crippen LogP contribution in [0.3, 0.4) is 0 Å². The number of nitrogens with zero attached hydrogens (tertiary/aromatic N) is 4. The average molecular weight is 282 g/mol. The second-order valence-corrected chi connectivity index (χ2v) is 4.27. The first-order chi connectivity index (χ1) is 10.3. The number of hydrogen-bond donors (Lipinski definition) is 0. The molecule has 0 fully saturated rings. The van der Waals surface area contributed by atoms with Gasteiger partial charge in [0.15, 0.2) is 0 Å². The molecule has 106 valence electrons. The minimum Gasteiger partial charge on any atom is -0.497 e. The molecule has 3 aromatic heterocycles. The van der Waals surface area contributed by atoms with Crippen LogP contribution in [-0.2, 0) is 0 Å². The summed E-state index contributed by atoms with van der Waals surface area (Å²) in [5.74, 6) is 1.31. The Hall–Kier alpha value is -2.89. The molecule has 0 N–H and O–H groups in total. The van der Waals surface area contributed by atoms with Crippen LogP contribution in [0.5, 0.6) is 11.6 Å². The molecule has 0 spiro atoms. The van der Waals surface area contributed by atoms with Gasteiger partial charge in [-0.2, -0.15) is 5.10 Å². The van der Waals surface area contributed by atoms with E-state index in [0.717, 1.165) is 22.8 Å². The van der Waals surface area contributed by atoms with E-state index in [-0.39, 0.29) is 0 Å². The van der Waals surface area contributed by atoms with E-state index in [1.54, 1.807) is 49.6 Å². The van der Waals surface area contributed by atoms with Crippen molar-refractivity contribution in [3.05, 3.63) is 48.9 Å². The van der Waals surface area contributed by atoms with Gasteiger partial charge in [-0.25, -0.2) is 9.67 Å². The molecule has 0 atom stereocenters. The van der Waals surface area contributed by atoms with Crippen LogP contribution in [-0.4, -0.2) is 34.0 Å². The molecule has 0 aliphatic rings. The van der Waals surface area contributed by atoms with E-state index in [2.05, 4.69) is 15.1 Å². The van der Waals surface area contributed by atoms with Crippen LogP contribution in [0, 0.1) is 0 Å². The van der Waals surface area contributed by atoms with Crippen molar-refractivity contribution in [2.45, 2.75) is 0 Å². The SMILES string of the molecule is COc1ccnc(-c2ccnn2-c2ccc(OC)nc2)c1. The topological polar surface area (TPSA) is 62.1 Å². The van der Waals surface area contributed by atoms with Crippen LogP contribution < -0.4 is 9.47 Å². The van der Waals surface area contributed by atoms with E-state index in [1.165, 1.54) is 0 Å². The fourth-order valence-electron chi connectivity index (χ4n) is 2.00. The lowest BCUT2D eigenvalue weighted by Gasteiger charge is -2.08. The summed E-state index contributed by atoms with van der Waals surface area (Å²) < 4.78 is 12.1. The Morgan fingerprint density at radius 1 is 0.952 bits per heavy atom. The molecule has 0 aliphatic carbocycles. The quantitative estimate of drug-likeness (QED) is 0.735. The Bertz CT molecular complexity index is 737. The van der Waals surface area contributed by atoms with Gasteiger partial charge in [-0.1, -0.05) is 0 Å². The molecule has 0 saturated heterocycles. The van der Waals surface area contributed by atoms with E-state index >= 15 is 0 Å². The smallest absolute Gasteiger partial charge is 0.213 e. The minimum atomic E-state index is 0.562. The zero-order chi connectivity index (χ0) is 14.7. The number of pyridine rings is 2. The molecule has 6 nitrogen and oxygen atoms in total. The van der Waals surface area contributed by atoms with Crippen LogP contribution in [0.1, 0.15) is 0 Å². The third-order valence-corrected chi connectivity index (χ3v) is 3.05. The van der Waals surface area contributed by atoms with Gasteiger partial charge in [-0.3, -0.25) is 4.98 Å². The molecule has 0 aromatic carbocycles. The van der Waals surface area contributed by atoms with Gasteiger partial charge in [-0.15, -0.1) is 0 Å². The van der Waals surface area contributed by atoms with Crippen LogP contribution in [0.4, 0.5) is 0 Å². The maximum absolute atomic E-state index is 5.23. The minimum absolute atomic E-state index is 0.562. The summed E-state index contributed by atoms with van der Waals surface area (Å²) >= 11 is 0. The Morgan fingerprint density at radius 3 is 2.57 bits per heavy atom. The number of hydrogen-bond acceptors (Lipinski definition) is 5. The van der Waals surface area contributed by atoms with Crippen molar-refractivity contribution in [1.82, 2.24) is 19.7 Å². The van der Waals surface area contributed by atoms with Crippen LogP contribution in [0.15, 0.2) is 48.9 Å². The first kappa shape index (κ1) is 13.1. The number of rotatable bonds is 4. The van der Waals surface area contributed by atoms with Crippen LogP contribution >= 0.6 is 0 Å². The first-order valence-corrected chi connectivity index (χ1v) is 6.36. The van der Waals surface area contributed by atoms with Crippen LogP contribution in [0.25, 0.3) is 17.1 Å². The molecule has 6 heteroatoms. The van der Waals surface area contributed by atoms with Gasteiger partial charge >= 0.3 is 0 Å². The molecule has 21 heavy (non-hydrogen) atoms. The van der Waals surface area contributed by atoms with E-state index < -0.39 is 0 Å². The summed E-state index contributed by atoms with van der Waals surface area (Å²) in [6.07, 6.45) is 5.13. The zero-order valence-corrected chi connectivity index (χ0v) is 11.7. The molecular weight excluding hydrogens is 268 g/mol. The fraction of sp³-hybridized carbons (Fsp3) is 0.133. The van der Waals surface area contributed by atoms with E-state index in [4.69, 9.17) is 9.47 Å². The monoisotopic (exact) mass is 282 g/mol. The fourth-order valence-corrected chi connectivity index (χ4v) is 2.00. The van der Waals surface area contributed by atoms with Crippen molar-refractivity contribution in [3.63, 3.8) is 0 Å². The Kier molecular flexibility index (Phi) is 3.51. The summed E-state index contributed by atoms with van der Waals surface area (Å²) in [6, 6.07) is 9.25. The second-order valence-electron chi connectivity index (χ2n) is 4.27. The lowest BCUT2D eigenvalue weighted by molar-refractivity contribution is 0.397. The maximum Gasteiger partial charge on any atom is 0.213 e. The highest BCUT2D eigenvalue weighted by Gasteiger charge is 2.10. The molecule has 0 bridgehead atoms. The van der Waals surface area contributed by atoms with Gasteiger partial charge in [0.2, 0.25) is 5.88 Å². The molecule has 3 aromatic rings. The van der Waals surface area contributed by atoms with E-state index in [0.29, 0.717) is 5.88 Å². The number of aromatic nitrogens is 4. The van der Waals surface area contributed by atoms with Gasteiger partial charge in [0.05, 0.1) is 43.7 Å². The van der Waals surface area contributed by atoms with Crippen molar-refractivity contribution >= 4 is 0 Å². The Morgan fingerprint density at radius 2 is 1.86 bits per heavy atom. The lowest BCUT2D eigenvalue weighted by atomic mass is 10.2. The standard InChI is InChI=1S/C15H14N4O2/c1-20-12-5-7-16-13(9-12)14-6-8-18-19(14)11-3-4-15(21-2)17-10-11/h3-10H,1-2H3. The largest absolute Gasteiger partial charge is 0.497 e. The normalized spacial score (nSPS) is 10.4. The summed E-state index contributed by atoms with van der Waals surface area (Å²) in [4.78, 5) is 8.56. The average Bonchev–Trinajstić information content (AvgIpc) is 3.04. The molecule has 0 saturated carbocycles. The summed E-state index contributed by atoms with van der Waals surface area (Å²) in [5, 5.41) is 4.33. The van der Waals surface area contributed by atoms with Crippen molar-refractivity contribution < 1.29 is 9.47 Å². The summed E-state index contributed by atoms with van der Waals surface area (Å²) in [6.45, 7) is 0. The van der Waals surface area contributed by atoms with E-state index in [1.807, 2.05) is 18.2 Å². The van der Waals surface area contributed by atoms with E-state index in [9.17, 15) is 0 Å². The summed E-state index contributed by atoms with van der Waals surface area (Å²) in [5.41, 5.74) is 2.48. The molecule has 3 rings (SSSR count). The van der Waals surface area contributed by atoms with Gasteiger partial charge < -0.3 is 9.47 Å². The number of ether oxygens (including phenoxy) is 2. The van der Waals surface area contributed by atoms with Gasteiger partial charge in [0.25, 0.3) is 0 Å². The van der Waals surface area contributed by atoms with Crippen molar-refractivity contribution in [2.75, 3.05) is 14.2 Å². The van der Waals surface area contributed by atoms with Crippen molar-refractivity contribution in [3.8, 4) is 28.7 Å². The molecule has 0 amide bonds. The molecule has 3 heterocycles. The van der Waals surface area contributed by atoms with Gasteiger partial charge in [-0.05, 0) is 18.2 Å². The van der Waals surface area contributed by atoms with Gasteiger partial charge in [0.1, 0.15) is 5.75 Å². The van der Waals surface area contributed by atoms with Crippen molar-refractivity contribution in [1.29, 1.82) is 0 Å². The highest BCUT2D eigenvalue weighted by Crippen LogP contribution is 2.23. The number of methoxy groups -OCH3 is 2. The maximum atomic E-state index is 5.23. The molecule has 0 radical (unpaired) electrons. The zero-order valence-electron chi connectivity index (χ0n) is 11.7. The molecular formula is C15H14N4O2. The van der Waals surface area contributed by atoms with Crippen LogP contribution in [0.2, 0.25) is 0 Å². The predicted molar refractivity (Wildman–Crippen MR) is 77.7 cm³/mol. The highest BCUT2D eigenvalue weighted by atomic mass is 16.5. The Balaban J connectivity index is 2.03. The van der Waals surface area contributed by atoms with Crippen molar-refractivity contribution in [2.24, 2.45) is 0 Å². The predicted octanol–water partition coefficient (Wildman–Crippen LogP) is 2.35. The highest BCUT2D eigenvalue weighted by molar-refractivity contribution is 5.59. The Labute approximate surface area is 122 Å². The summed E-state index contributed by atoms with van der Waals surface area (Å²) in [7, 11) is 3.21. The molecule has 0 aliphatic heterocycles. The molecule has 0 unspecified atom stereocenters. The first-order valence-electron chi connectivity index (χ1n) is 6.36. The third-order valence-electron chi connectivity index (χ3n) is 3.05. The lowest BCUT2D eigenvalue weighted by Crippen LogP contribution is -2.01. The third kappa shape index (κ3) is 2.55. The second kappa shape index (κ2) is 5.62. The van der Waals surface area contributed by atoms with Gasteiger partial charge in [0, 0.05) is 18.3 Å².